The van der Waals surface area contributed by atoms with Crippen molar-refractivity contribution in [1.82, 2.24) is 4.90 Å². The molecule has 0 aromatic rings. The molecule has 0 N–H and O–H groups in total. The second-order valence-corrected chi connectivity index (χ2v) is 5.04. The number of unbranched alkanes of at least 4 members (excludes halogenated alkanes) is 1. The fraction of sp³-hybridized carbons (Fsp3) is 0.700. The highest BCUT2D eigenvalue weighted by Crippen LogP contribution is 2.38. The third kappa shape index (κ3) is 1.75. The van der Waals surface area contributed by atoms with Gasteiger partial charge in [0.1, 0.15) is 0 Å². The number of thioether (sulfide) groups is 1. The molecule has 1 unspecified atom stereocenters. The number of nitrogens with zero attached hydrogens (tertiary/aromatic N) is 1. The quantitative estimate of drug-likeness (QED) is 0.647. The van der Waals surface area contributed by atoms with Crippen molar-refractivity contribution in [2.75, 3.05) is 0 Å². The maximum Gasteiger partial charge on any atom is 0.230 e. The number of carbonyl (C=O) groups excluding carboxylic acids is 1. The summed E-state index contributed by atoms with van der Waals surface area (Å²) in [5, 5.41) is 1.11. The topological polar surface area (TPSA) is 20.3 Å². The molecule has 1 saturated heterocycles. The van der Waals surface area contributed by atoms with Gasteiger partial charge < -0.3 is 4.90 Å². The fourth-order valence-corrected chi connectivity index (χ4v) is 3.12. The van der Waals surface area contributed by atoms with E-state index in [4.69, 9.17) is 0 Å². The number of rotatable bonds is 3. The van der Waals surface area contributed by atoms with Gasteiger partial charge >= 0.3 is 0 Å². The van der Waals surface area contributed by atoms with E-state index in [2.05, 4.69) is 13.0 Å². The van der Waals surface area contributed by atoms with Gasteiger partial charge in [0, 0.05) is 11.4 Å². The average molecular weight is 197 g/mol. The number of β-lactam (4-membered cyclic amide) rings is 1. The second-order valence-electron chi connectivity index (χ2n) is 3.62. The molecule has 0 bridgehead atoms. The summed E-state index contributed by atoms with van der Waals surface area (Å²) in [4.78, 5) is 12.9. The van der Waals surface area contributed by atoms with Crippen molar-refractivity contribution >= 4 is 17.7 Å². The maximum atomic E-state index is 11.0. The Morgan fingerprint density at radius 3 is 3.15 bits per heavy atom. The standard InChI is InChI=1S/C10H15NOS/c1-2-3-4-8-5-6-11-9(12)7-10(11)13-8/h5-6,8,10H,2-4,7H2,1H3/t8?,10-/m1/s1. The molecule has 0 aliphatic carbocycles. The summed E-state index contributed by atoms with van der Waals surface area (Å²) in [6.07, 6.45) is 8.72. The van der Waals surface area contributed by atoms with E-state index in [1.54, 1.807) is 0 Å². The van der Waals surface area contributed by atoms with Crippen LogP contribution in [0.2, 0.25) is 0 Å². The molecule has 2 nitrogen and oxygen atoms in total. The second kappa shape index (κ2) is 3.74. The lowest BCUT2D eigenvalue weighted by atomic mass is 10.1. The van der Waals surface area contributed by atoms with Gasteiger partial charge in [-0.25, -0.2) is 0 Å². The van der Waals surface area contributed by atoms with E-state index in [1.807, 2.05) is 22.9 Å². The summed E-state index contributed by atoms with van der Waals surface area (Å²) in [6, 6.07) is 0. The molecular formula is C10H15NOS. The largest absolute Gasteiger partial charge is 0.306 e. The van der Waals surface area contributed by atoms with E-state index in [0.29, 0.717) is 10.6 Å². The molecule has 13 heavy (non-hydrogen) atoms. The highest BCUT2D eigenvalue weighted by molar-refractivity contribution is 8.00. The molecule has 0 spiro atoms. The molecular weight excluding hydrogens is 182 g/mol. The highest BCUT2D eigenvalue weighted by Gasteiger charge is 2.38. The van der Waals surface area contributed by atoms with Crippen molar-refractivity contribution in [3.63, 3.8) is 0 Å². The Bertz CT molecular complexity index is 239. The molecule has 0 radical (unpaired) electrons. The van der Waals surface area contributed by atoms with Gasteiger partial charge in [0.15, 0.2) is 0 Å². The van der Waals surface area contributed by atoms with Crippen molar-refractivity contribution in [3.8, 4) is 0 Å². The molecule has 72 valence electrons. The Labute approximate surface area is 83.4 Å². The van der Waals surface area contributed by atoms with Crippen LogP contribution in [0.5, 0.6) is 0 Å². The van der Waals surface area contributed by atoms with Crippen LogP contribution in [0.4, 0.5) is 0 Å². The first-order chi connectivity index (χ1) is 6.31. The van der Waals surface area contributed by atoms with Crippen LogP contribution < -0.4 is 0 Å². The zero-order valence-electron chi connectivity index (χ0n) is 7.90. The lowest BCUT2D eigenvalue weighted by Gasteiger charge is -2.41. The third-order valence-corrected chi connectivity index (χ3v) is 4.03. The Balaban J connectivity index is 1.87. The first-order valence-corrected chi connectivity index (χ1v) is 5.90. The van der Waals surface area contributed by atoms with Crippen LogP contribution in [0.25, 0.3) is 0 Å². The van der Waals surface area contributed by atoms with E-state index in [1.165, 1.54) is 19.3 Å². The third-order valence-electron chi connectivity index (χ3n) is 2.58. The fourth-order valence-electron chi connectivity index (χ4n) is 1.70. The average Bonchev–Trinajstić information content (AvgIpc) is 2.13. The SMILES string of the molecule is CCCCC1C=CN2C(=O)C[C@H]2S1. The molecule has 2 rings (SSSR count). The summed E-state index contributed by atoms with van der Waals surface area (Å²) in [6.45, 7) is 2.22. The van der Waals surface area contributed by atoms with E-state index in [0.717, 1.165) is 6.42 Å². The Hall–Kier alpha value is -0.440. The van der Waals surface area contributed by atoms with E-state index in [9.17, 15) is 4.79 Å². The molecule has 2 heterocycles. The molecule has 0 saturated carbocycles. The van der Waals surface area contributed by atoms with Gasteiger partial charge in [-0.05, 0) is 6.42 Å². The summed E-state index contributed by atoms with van der Waals surface area (Å²) in [5.41, 5.74) is 0. The Morgan fingerprint density at radius 1 is 1.69 bits per heavy atom. The number of amides is 1. The minimum absolute atomic E-state index is 0.280. The minimum Gasteiger partial charge on any atom is -0.306 e. The van der Waals surface area contributed by atoms with Gasteiger partial charge in [-0.15, -0.1) is 11.8 Å². The normalized spacial score (nSPS) is 31.5. The monoisotopic (exact) mass is 197 g/mol. The van der Waals surface area contributed by atoms with Crippen molar-refractivity contribution in [2.45, 2.75) is 43.2 Å². The van der Waals surface area contributed by atoms with E-state index < -0.39 is 0 Å². The lowest BCUT2D eigenvalue weighted by molar-refractivity contribution is -0.137. The van der Waals surface area contributed by atoms with Crippen LogP contribution in [0.1, 0.15) is 32.6 Å². The lowest BCUT2D eigenvalue weighted by Crippen LogP contribution is -2.49. The van der Waals surface area contributed by atoms with Crippen molar-refractivity contribution in [3.05, 3.63) is 12.3 Å². The first-order valence-electron chi connectivity index (χ1n) is 4.96. The molecule has 0 aromatic heterocycles. The minimum atomic E-state index is 0.280. The zero-order chi connectivity index (χ0) is 9.26. The predicted molar refractivity (Wildman–Crippen MR) is 55.3 cm³/mol. The number of hydrogen-bond donors (Lipinski definition) is 0. The molecule has 3 heteroatoms. The van der Waals surface area contributed by atoms with E-state index in [-0.39, 0.29) is 5.91 Å². The molecule has 2 aliphatic rings. The van der Waals surface area contributed by atoms with Gasteiger partial charge in [-0.2, -0.15) is 0 Å². The molecule has 1 fully saturated rings. The smallest absolute Gasteiger partial charge is 0.230 e. The Kier molecular flexibility index (Phi) is 2.63. The predicted octanol–water partition coefficient (Wildman–Crippen LogP) is 2.36. The maximum absolute atomic E-state index is 11.0. The molecule has 1 amide bonds. The van der Waals surface area contributed by atoms with Gasteiger partial charge in [0.05, 0.1) is 11.8 Å². The molecule has 2 atom stereocenters. The van der Waals surface area contributed by atoms with Gasteiger partial charge in [-0.1, -0.05) is 25.8 Å². The molecule has 2 aliphatic heterocycles. The number of fused-ring (bicyclic) bond motifs is 1. The van der Waals surface area contributed by atoms with Gasteiger partial charge in [0.2, 0.25) is 5.91 Å². The van der Waals surface area contributed by atoms with Crippen molar-refractivity contribution < 1.29 is 4.79 Å². The van der Waals surface area contributed by atoms with Gasteiger partial charge in [0.25, 0.3) is 0 Å². The highest BCUT2D eigenvalue weighted by atomic mass is 32.2. The number of carbonyl (C=O) groups is 1. The summed E-state index contributed by atoms with van der Waals surface area (Å²) in [7, 11) is 0. The van der Waals surface area contributed by atoms with Crippen LogP contribution in [-0.2, 0) is 4.79 Å². The summed E-state index contributed by atoms with van der Waals surface area (Å²) < 4.78 is 0. The number of hydrogen-bond acceptors (Lipinski definition) is 2. The first kappa shape index (κ1) is 9.13. The van der Waals surface area contributed by atoms with Crippen LogP contribution in [0.15, 0.2) is 12.3 Å². The van der Waals surface area contributed by atoms with Crippen molar-refractivity contribution in [1.29, 1.82) is 0 Å². The molecule has 0 aromatic carbocycles. The van der Waals surface area contributed by atoms with E-state index >= 15 is 0 Å². The van der Waals surface area contributed by atoms with Crippen LogP contribution in [-0.4, -0.2) is 21.4 Å². The van der Waals surface area contributed by atoms with Crippen LogP contribution in [0, 0.1) is 0 Å². The van der Waals surface area contributed by atoms with Crippen LogP contribution in [0.3, 0.4) is 0 Å². The Morgan fingerprint density at radius 2 is 2.54 bits per heavy atom. The summed E-state index contributed by atoms with van der Waals surface area (Å²) in [5.74, 6) is 0.280. The van der Waals surface area contributed by atoms with Crippen LogP contribution >= 0.6 is 11.8 Å². The zero-order valence-corrected chi connectivity index (χ0v) is 8.72. The summed E-state index contributed by atoms with van der Waals surface area (Å²) >= 11 is 1.94. The van der Waals surface area contributed by atoms with Crippen molar-refractivity contribution in [2.24, 2.45) is 0 Å². The van der Waals surface area contributed by atoms with Gasteiger partial charge in [-0.3, -0.25) is 4.79 Å².